The molecular formula is C17H28N2OS2. The summed E-state index contributed by atoms with van der Waals surface area (Å²) < 4.78 is 0. The maximum atomic E-state index is 11.5. The molecule has 5 heteroatoms. The van der Waals surface area contributed by atoms with E-state index in [1.54, 1.807) is 23.5 Å². The molecule has 0 aliphatic heterocycles. The summed E-state index contributed by atoms with van der Waals surface area (Å²) in [6, 6.07) is 3.64. The average Bonchev–Trinajstić information content (AvgIpc) is 2.51. The highest BCUT2D eigenvalue weighted by Crippen LogP contribution is 2.25. The molecule has 1 rings (SSSR count). The Bertz CT molecular complexity index is 452. The molecule has 3 nitrogen and oxygen atoms in total. The summed E-state index contributed by atoms with van der Waals surface area (Å²) in [6.07, 6.45) is 8.63. The van der Waals surface area contributed by atoms with E-state index in [0.29, 0.717) is 5.56 Å². The van der Waals surface area contributed by atoms with Gasteiger partial charge in [-0.3, -0.25) is 4.79 Å². The molecule has 1 heterocycles. The zero-order valence-corrected chi connectivity index (χ0v) is 15.4. The van der Waals surface area contributed by atoms with Gasteiger partial charge in [-0.1, -0.05) is 46.0 Å². The summed E-state index contributed by atoms with van der Waals surface area (Å²) in [7, 11) is 0. The molecule has 0 unspecified atom stereocenters. The summed E-state index contributed by atoms with van der Waals surface area (Å²) in [5, 5.41) is 1.84. The van der Waals surface area contributed by atoms with Crippen molar-refractivity contribution in [2.75, 3.05) is 11.5 Å². The van der Waals surface area contributed by atoms with Crippen LogP contribution in [0.5, 0.6) is 0 Å². The van der Waals surface area contributed by atoms with Gasteiger partial charge in [-0.05, 0) is 36.5 Å². The predicted octanol–water partition coefficient (Wildman–Crippen LogP) is 5.14. The van der Waals surface area contributed by atoms with E-state index in [1.807, 2.05) is 12.1 Å². The molecule has 124 valence electrons. The number of rotatable bonds is 12. The van der Waals surface area contributed by atoms with Crippen LogP contribution in [0, 0.1) is 0 Å². The summed E-state index contributed by atoms with van der Waals surface area (Å²) >= 11 is 3.45. The van der Waals surface area contributed by atoms with Gasteiger partial charge in [0.05, 0.1) is 10.1 Å². The lowest BCUT2D eigenvalue weighted by Gasteiger charge is -2.07. The van der Waals surface area contributed by atoms with E-state index in [-0.39, 0.29) is 5.91 Å². The Balaban J connectivity index is 2.58. The van der Waals surface area contributed by atoms with E-state index in [9.17, 15) is 4.79 Å². The van der Waals surface area contributed by atoms with Crippen LogP contribution in [0.25, 0.3) is 0 Å². The number of aromatic nitrogens is 1. The van der Waals surface area contributed by atoms with Crippen molar-refractivity contribution in [2.24, 2.45) is 5.73 Å². The third-order valence-electron chi connectivity index (χ3n) is 3.31. The molecule has 22 heavy (non-hydrogen) atoms. The standard InChI is InChI=1S/C17H28N2OS2/c1-3-5-7-9-11-22-16-13-14(17(18)20)12-15(19-16)21-10-8-6-4-2/h12-13H,3-11H2,1-2H3,(H2,18,20). The topological polar surface area (TPSA) is 56.0 Å². The lowest BCUT2D eigenvalue weighted by molar-refractivity contribution is 0.0999. The number of carbonyl (C=O) groups excluding carboxylic acids is 1. The van der Waals surface area contributed by atoms with Crippen molar-refractivity contribution in [1.29, 1.82) is 0 Å². The highest BCUT2D eigenvalue weighted by molar-refractivity contribution is 7.99. The summed E-state index contributed by atoms with van der Waals surface area (Å²) in [4.78, 5) is 16.1. The Labute approximate surface area is 143 Å². The van der Waals surface area contributed by atoms with Crippen molar-refractivity contribution in [3.63, 3.8) is 0 Å². The van der Waals surface area contributed by atoms with E-state index in [2.05, 4.69) is 18.8 Å². The van der Waals surface area contributed by atoms with Crippen LogP contribution in [0.3, 0.4) is 0 Å². The second-order valence-electron chi connectivity index (χ2n) is 5.36. The molecule has 0 spiro atoms. The fourth-order valence-electron chi connectivity index (χ4n) is 2.01. The number of hydrogen-bond donors (Lipinski definition) is 1. The fraction of sp³-hybridized carbons (Fsp3) is 0.647. The number of thioether (sulfide) groups is 2. The maximum Gasteiger partial charge on any atom is 0.248 e. The minimum atomic E-state index is -0.370. The lowest BCUT2D eigenvalue weighted by Crippen LogP contribution is -2.11. The minimum Gasteiger partial charge on any atom is -0.366 e. The molecule has 1 amide bonds. The van der Waals surface area contributed by atoms with E-state index in [4.69, 9.17) is 5.73 Å². The second kappa shape index (κ2) is 11.8. The first-order valence-corrected chi connectivity index (χ1v) is 10.2. The van der Waals surface area contributed by atoms with Crippen LogP contribution in [0.2, 0.25) is 0 Å². The molecule has 1 aromatic rings. The third kappa shape index (κ3) is 8.08. The highest BCUT2D eigenvalue weighted by atomic mass is 32.2. The summed E-state index contributed by atoms with van der Waals surface area (Å²) in [5.74, 6) is 1.73. The van der Waals surface area contributed by atoms with E-state index >= 15 is 0 Å². The van der Waals surface area contributed by atoms with Crippen molar-refractivity contribution in [1.82, 2.24) is 4.98 Å². The number of carbonyl (C=O) groups is 1. The Hall–Kier alpha value is -0.680. The van der Waals surface area contributed by atoms with Crippen LogP contribution in [0.4, 0.5) is 0 Å². The number of pyridine rings is 1. The van der Waals surface area contributed by atoms with Gasteiger partial charge in [0.15, 0.2) is 0 Å². The monoisotopic (exact) mass is 340 g/mol. The minimum absolute atomic E-state index is 0.370. The van der Waals surface area contributed by atoms with Crippen LogP contribution >= 0.6 is 23.5 Å². The molecule has 2 N–H and O–H groups in total. The molecule has 0 saturated heterocycles. The van der Waals surface area contributed by atoms with Gasteiger partial charge in [0, 0.05) is 5.56 Å². The van der Waals surface area contributed by atoms with Gasteiger partial charge in [-0.15, -0.1) is 23.5 Å². The summed E-state index contributed by atoms with van der Waals surface area (Å²) in [6.45, 7) is 4.41. The van der Waals surface area contributed by atoms with Crippen molar-refractivity contribution in [2.45, 2.75) is 68.8 Å². The highest BCUT2D eigenvalue weighted by Gasteiger charge is 2.08. The van der Waals surface area contributed by atoms with E-state index in [1.165, 1.54) is 44.9 Å². The molecular weight excluding hydrogens is 312 g/mol. The Morgan fingerprint density at radius 3 is 1.95 bits per heavy atom. The van der Waals surface area contributed by atoms with Crippen LogP contribution in [0.1, 0.15) is 69.2 Å². The molecule has 0 atom stereocenters. The maximum absolute atomic E-state index is 11.5. The van der Waals surface area contributed by atoms with Gasteiger partial charge in [0.2, 0.25) is 5.91 Å². The largest absolute Gasteiger partial charge is 0.366 e. The Morgan fingerprint density at radius 2 is 1.45 bits per heavy atom. The third-order valence-corrected chi connectivity index (χ3v) is 5.30. The number of amides is 1. The molecule has 0 aliphatic rings. The normalized spacial score (nSPS) is 10.8. The van der Waals surface area contributed by atoms with Crippen LogP contribution in [-0.2, 0) is 0 Å². The van der Waals surface area contributed by atoms with Crippen molar-refractivity contribution in [3.05, 3.63) is 17.7 Å². The molecule has 0 aromatic carbocycles. The fourth-order valence-corrected chi connectivity index (χ4v) is 3.92. The van der Waals surface area contributed by atoms with Gasteiger partial charge in [-0.25, -0.2) is 4.98 Å². The molecule has 0 radical (unpaired) electrons. The first kappa shape index (κ1) is 19.4. The molecule has 0 saturated carbocycles. The predicted molar refractivity (Wildman–Crippen MR) is 97.9 cm³/mol. The first-order valence-electron chi connectivity index (χ1n) is 8.24. The molecule has 0 fully saturated rings. The SMILES string of the molecule is CCCCCCSc1cc(C(N)=O)cc(SCCCCC)n1. The van der Waals surface area contributed by atoms with Gasteiger partial charge in [-0.2, -0.15) is 0 Å². The van der Waals surface area contributed by atoms with E-state index < -0.39 is 0 Å². The van der Waals surface area contributed by atoms with Crippen LogP contribution in [-0.4, -0.2) is 22.4 Å². The summed E-state index contributed by atoms with van der Waals surface area (Å²) in [5.41, 5.74) is 6.01. The number of hydrogen-bond acceptors (Lipinski definition) is 4. The Morgan fingerprint density at radius 1 is 0.955 bits per heavy atom. The van der Waals surface area contributed by atoms with Gasteiger partial charge in [0.1, 0.15) is 0 Å². The van der Waals surface area contributed by atoms with Gasteiger partial charge >= 0.3 is 0 Å². The lowest BCUT2D eigenvalue weighted by atomic mass is 10.2. The van der Waals surface area contributed by atoms with E-state index in [0.717, 1.165) is 21.6 Å². The number of nitrogens with two attached hydrogens (primary N) is 1. The zero-order valence-electron chi connectivity index (χ0n) is 13.8. The van der Waals surface area contributed by atoms with Crippen molar-refractivity contribution >= 4 is 29.4 Å². The van der Waals surface area contributed by atoms with Gasteiger partial charge in [0.25, 0.3) is 0 Å². The quantitative estimate of drug-likeness (QED) is 0.423. The molecule has 0 aliphatic carbocycles. The van der Waals surface area contributed by atoms with Crippen molar-refractivity contribution in [3.8, 4) is 0 Å². The van der Waals surface area contributed by atoms with Crippen LogP contribution < -0.4 is 5.73 Å². The van der Waals surface area contributed by atoms with Crippen LogP contribution in [0.15, 0.2) is 22.2 Å². The zero-order chi connectivity index (χ0) is 16.2. The first-order chi connectivity index (χ1) is 10.7. The molecule has 0 bridgehead atoms. The number of unbranched alkanes of at least 4 members (excludes halogenated alkanes) is 5. The second-order valence-corrected chi connectivity index (χ2v) is 7.59. The number of nitrogens with zero attached hydrogens (tertiary/aromatic N) is 1. The van der Waals surface area contributed by atoms with Crippen molar-refractivity contribution < 1.29 is 4.79 Å². The van der Waals surface area contributed by atoms with Gasteiger partial charge < -0.3 is 5.73 Å². The molecule has 1 aromatic heterocycles. The number of primary amides is 1. The Kier molecular flexibility index (Phi) is 10.4. The average molecular weight is 341 g/mol. The smallest absolute Gasteiger partial charge is 0.248 e.